The molecule has 57 heavy (non-hydrogen) atoms. The molecule has 15 nitrogen and oxygen atoms in total. The maximum absolute atomic E-state index is 14.3. The third-order valence-electron chi connectivity index (χ3n) is 9.49. The molecule has 0 aromatic heterocycles. The van der Waals surface area contributed by atoms with E-state index in [0.717, 1.165) is 0 Å². The van der Waals surface area contributed by atoms with Crippen LogP contribution in [0.25, 0.3) is 0 Å². The molecule has 308 valence electrons. The fourth-order valence-corrected chi connectivity index (χ4v) is 6.00. The summed E-state index contributed by atoms with van der Waals surface area (Å²) >= 11 is 4.08. The second-order valence-corrected chi connectivity index (χ2v) is 14.7. The van der Waals surface area contributed by atoms with Gasteiger partial charge in [-0.25, -0.2) is 4.79 Å². The topological polar surface area (TPSA) is 249 Å². The predicted molar refractivity (Wildman–Crippen MR) is 217 cm³/mol. The number of nitrogens with one attached hydrogen (secondary N) is 5. The molecular weight excluding hydrogens is 753 g/mol. The largest absolute Gasteiger partial charge is 0.508 e. The molecule has 0 fully saturated rings. The smallest absolute Gasteiger partial charge is 0.326 e. The molecule has 0 spiro atoms. The summed E-state index contributed by atoms with van der Waals surface area (Å²) in [5.74, 6) is -5.73. The lowest BCUT2D eigenvalue weighted by molar-refractivity contribution is -0.143. The number of carboxylic acid groups (broad SMARTS) is 1. The number of aliphatic carboxylic acids is 1. The van der Waals surface area contributed by atoms with E-state index in [1.54, 1.807) is 75.4 Å². The van der Waals surface area contributed by atoms with Gasteiger partial charge in [0.2, 0.25) is 29.5 Å². The lowest BCUT2D eigenvalue weighted by Gasteiger charge is -2.29. The first kappa shape index (κ1) is 45.8. The zero-order valence-corrected chi connectivity index (χ0v) is 33.4. The molecule has 5 amide bonds. The van der Waals surface area contributed by atoms with Crippen LogP contribution in [-0.4, -0.2) is 92.8 Å². The van der Waals surface area contributed by atoms with Crippen molar-refractivity contribution < 1.29 is 44.1 Å². The highest BCUT2D eigenvalue weighted by molar-refractivity contribution is 7.80. The number of hydrogen-bond acceptors (Lipinski definition) is 10. The zero-order valence-electron chi connectivity index (χ0n) is 32.5. The fraction of sp³-hybridized carbons (Fsp3) is 0.415. The van der Waals surface area contributed by atoms with E-state index >= 15 is 0 Å². The number of carbonyl (C=O) groups excluding carboxylic acids is 5. The molecule has 10 N–H and O–H groups in total. The normalized spacial score (nSPS) is 14.8. The molecule has 0 saturated carbocycles. The number of rotatable bonds is 21. The summed E-state index contributed by atoms with van der Waals surface area (Å²) in [5.41, 5.74) is 7.62. The van der Waals surface area contributed by atoms with Crippen LogP contribution in [0.15, 0.2) is 78.9 Å². The first-order valence-electron chi connectivity index (χ1n) is 18.7. The lowest BCUT2D eigenvalue weighted by atomic mass is 9.96. The van der Waals surface area contributed by atoms with E-state index in [-0.39, 0.29) is 42.4 Å². The van der Waals surface area contributed by atoms with E-state index in [2.05, 4.69) is 39.2 Å². The Morgan fingerprint density at radius 1 is 0.579 bits per heavy atom. The second kappa shape index (κ2) is 22.2. The van der Waals surface area contributed by atoms with Crippen molar-refractivity contribution in [3.8, 4) is 11.5 Å². The monoisotopic (exact) mass is 806 g/mol. The van der Waals surface area contributed by atoms with E-state index in [9.17, 15) is 44.1 Å². The molecule has 0 unspecified atom stereocenters. The number of aromatic hydroxyl groups is 2. The van der Waals surface area contributed by atoms with E-state index in [4.69, 9.17) is 5.73 Å². The van der Waals surface area contributed by atoms with Crippen molar-refractivity contribution in [2.75, 3.05) is 5.75 Å². The van der Waals surface area contributed by atoms with Gasteiger partial charge in [0, 0.05) is 25.0 Å². The van der Waals surface area contributed by atoms with Gasteiger partial charge in [-0.2, -0.15) is 12.6 Å². The minimum atomic E-state index is -1.36. The summed E-state index contributed by atoms with van der Waals surface area (Å²) in [5, 5.41) is 42.9. The van der Waals surface area contributed by atoms with Gasteiger partial charge in [-0.3, -0.25) is 24.0 Å². The first-order valence-corrected chi connectivity index (χ1v) is 19.4. The average Bonchev–Trinajstić information content (AvgIpc) is 3.18. The SMILES string of the molecule is CC[C@H](C)[C@H](NC(=O)[C@@H](N)CS)C(=O)N[C@@H](Cc1ccccc1)C(=O)N[C@@H](Cc1ccc(O)cc1)C(=O)N[C@@H](Cc1ccc(O)cc1)C(=O)N[C@H](C(=O)O)C(C)C. The van der Waals surface area contributed by atoms with Gasteiger partial charge in [0.15, 0.2) is 0 Å². The zero-order chi connectivity index (χ0) is 42.2. The molecule has 0 saturated heterocycles. The number of amides is 5. The van der Waals surface area contributed by atoms with Crippen molar-refractivity contribution in [1.82, 2.24) is 26.6 Å². The molecule has 0 heterocycles. The number of phenolic OH excluding ortho intramolecular Hbond substituents is 2. The van der Waals surface area contributed by atoms with Crippen LogP contribution >= 0.6 is 12.6 Å². The van der Waals surface area contributed by atoms with Crippen LogP contribution < -0.4 is 32.3 Å². The van der Waals surface area contributed by atoms with Gasteiger partial charge in [0.1, 0.15) is 41.7 Å². The van der Waals surface area contributed by atoms with Crippen molar-refractivity contribution in [2.24, 2.45) is 17.6 Å². The van der Waals surface area contributed by atoms with Crippen molar-refractivity contribution in [1.29, 1.82) is 0 Å². The van der Waals surface area contributed by atoms with Crippen LogP contribution in [0.1, 0.15) is 50.8 Å². The Morgan fingerprint density at radius 2 is 0.965 bits per heavy atom. The maximum Gasteiger partial charge on any atom is 0.326 e. The van der Waals surface area contributed by atoms with E-state index < -0.39 is 77.7 Å². The van der Waals surface area contributed by atoms with Crippen LogP contribution in [0.3, 0.4) is 0 Å². The molecule has 16 heteroatoms. The molecule has 3 aromatic carbocycles. The van der Waals surface area contributed by atoms with Crippen molar-refractivity contribution in [3.63, 3.8) is 0 Å². The average molecular weight is 807 g/mol. The summed E-state index contributed by atoms with van der Waals surface area (Å²) in [4.78, 5) is 80.8. The highest BCUT2D eigenvalue weighted by Gasteiger charge is 2.35. The minimum absolute atomic E-state index is 0.000943. The van der Waals surface area contributed by atoms with Crippen LogP contribution in [-0.2, 0) is 48.0 Å². The highest BCUT2D eigenvalue weighted by atomic mass is 32.1. The second-order valence-electron chi connectivity index (χ2n) is 14.3. The summed E-state index contributed by atoms with van der Waals surface area (Å²) in [6, 6.07) is 13.4. The molecule has 0 aliphatic heterocycles. The Hall–Kier alpha value is -5.61. The third kappa shape index (κ3) is 14.4. The van der Waals surface area contributed by atoms with Gasteiger partial charge in [0.25, 0.3) is 0 Å². The number of phenols is 2. The van der Waals surface area contributed by atoms with E-state index in [0.29, 0.717) is 23.1 Å². The molecule has 3 rings (SSSR count). The number of carbonyl (C=O) groups is 6. The Balaban J connectivity index is 2.00. The molecule has 0 aliphatic carbocycles. The van der Waals surface area contributed by atoms with Crippen LogP contribution in [0.4, 0.5) is 0 Å². The molecule has 7 atom stereocenters. The van der Waals surface area contributed by atoms with Crippen LogP contribution in [0.5, 0.6) is 11.5 Å². The quantitative estimate of drug-likeness (QED) is 0.0697. The van der Waals surface area contributed by atoms with Crippen LogP contribution in [0, 0.1) is 11.8 Å². The minimum Gasteiger partial charge on any atom is -0.508 e. The van der Waals surface area contributed by atoms with Gasteiger partial charge in [-0.1, -0.05) is 88.7 Å². The summed E-state index contributed by atoms with van der Waals surface area (Å²) in [6.07, 6.45) is 0.284. The molecule has 0 radical (unpaired) electrons. The Bertz CT molecular complexity index is 1810. The van der Waals surface area contributed by atoms with E-state index in [1.807, 2.05) is 6.92 Å². The summed E-state index contributed by atoms with van der Waals surface area (Å²) < 4.78 is 0. The van der Waals surface area contributed by atoms with E-state index in [1.165, 1.54) is 24.3 Å². The Morgan fingerprint density at radius 3 is 1.35 bits per heavy atom. The number of carboxylic acids is 1. The number of benzene rings is 3. The van der Waals surface area contributed by atoms with Crippen molar-refractivity contribution in [3.05, 3.63) is 95.6 Å². The third-order valence-corrected chi connectivity index (χ3v) is 9.88. The van der Waals surface area contributed by atoms with Crippen molar-refractivity contribution >= 4 is 48.1 Å². The molecule has 3 aromatic rings. The van der Waals surface area contributed by atoms with Gasteiger partial charge in [0.05, 0.1) is 6.04 Å². The highest BCUT2D eigenvalue weighted by Crippen LogP contribution is 2.16. The molecule has 0 bridgehead atoms. The Kier molecular flexibility index (Phi) is 17.8. The number of hydrogen-bond donors (Lipinski definition) is 10. The van der Waals surface area contributed by atoms with Gasteiger partial charge in [-0.05, 0) is 52.8 Å². The molecule has 0 aliphatic rings. The number of nitrogens with two attached hydrogens (primary N) is 1. The van der Waals surface area contributed by atoms with Gasteiger partial charge < -0.3 is 47.6 Å². The summed E-state index contributed by atoms with van der Waals surface area (Å²) in [6.45, 7) is 6.86. The predicted octanol–water partition coefficient (Wildman–Crippen LogP) is 1.59. The standard InChI is InChI=1S/C41H54N6O9S/c1-5-24(4)35(47-36(50)30(42)22-57)40(54)45-32(19-25-9-7-6-8-10-25)38(52)43-31(20-26-11-15-28(48)16-12-26)37(51)44-33(21-27-13-17-29(49)18-14-27)39(53)46-34(23(2)3)41(55)56/h6-18,23-24,30-35,48-49,57H,5,19-22,42H2,1-4H3,(H,43,52)(H,44,51)(H,45,54)(H,46,53)(H,47,50)(H,55,56)/t24-,30-,31-,32-,33-,34-,35-/m0/s1. The fourth-order valence-electron chi connectivity index (χ4n) is 5.83. The van der Waals surface area contributed by atoms with Crippen LogP contribution in [0.2, 0.25) is 0 Å². The van der Waals surface area contributed by atoms with Crippen molar-refractivity contribution in [2.45, 2.75) is 89.6 Å². The Labute approximate surface area is 338 Å². The number of thiol groups is 1. The van der Waals surface area contributed by atoms with Gasteiger partial charge in [-0.15, -0.1) is 0 Å². The maximum atomic E-state index is 14.3. The van der Waals surface area contributed by atoms with Gasteiger partial charge >= 0.3 is 5.97 Å². The lowest BCUT2D eigenvalue weighted by Crippen LogP contribution is -2.61. The first-order chi connectivity index (χ1) is 27.0. The molecular formula is C41H54N6O9S. The summed E-state index contributed by atoms with van der Waals surface area (Å²) in [7, 11) is 0.